The summed E-state index contributed by atoms with van der Waals surface area (Å²) in [7, 11) is -3.81. The molecular weight excluding hydrogens is 369 g/mol. The highest BCUT2D eigenvalue weighted by Gasteiger charge is 2.24. The highest BCUT2D eigenvalue weighted by atomic mass is 32.2. The number of carbonyl (C=O) groups is 1. The van der Waals surface area contributed by atoms with Gasteiger partial charge in [-0.25, -0.2) is 12.8 Å². The van der Waals surface area contributed by atoms with Gasteiger partial charge in [-0.2, -0.15) is 0 Å². The molecule has 3 rings (SSSR count). The number of nitrogens with zero attached hydrogens (tertiary/aromatic N) is 2. The predicted octanol–water partition coefficient (Wildman–Crippen LogP) is 2.40. The van der Waals surface area contributed by atoms with Crippen LogP contribution < -0.4 is 4.72 Å². The molecule has 1 aliphatic heterocycles. The zero-order valence-electron chi connectivity index (χ0n) is 15.1. The molecule has 1 saturated heterocycles. The molecule has 6 nitrogen and oxygen atoms in total. The lowest BCUT2D eigenvalue weighted by Crippen LogP contribution is -2.48. The number of sulfonamides is 1. The van der Waals surface area contributed by atoms with Crippen molar-refractivity contribution in [2.24, 2.45) is 0 Å². The molecule has 0 atom stereocenters. The first-order valence-corrected chi connectivity index (χ1v) is 10.3. The standard InChI is InChI=1S/C19H22FN3O3S/c1-2-22-10-12-23(13-11-22)19(24)17-14-15(8-9-18(17)20)21-27(25,26)16-6-4-3-5-7-16/h3-9,14,21H,2,10-13H2,1H3. The van der Waals surface area contributed by atoms with E-state index in [1.165, 1.54) is 24.3 Å². The van der Waals surface area contributed by atoms with Crippen molar-refractivity contribution in [3.05, 3.63) is 59.9 Å². The van der Waals surface area contributed by atoms with Crippen molar-refractivity contribution in [1.82, 2.24) is 9.80 Å². The Bertz CT molecular complexity index is 911. The van der Waals surface area contributed by atoms with Gasteiger partial charge in [-0.05, 0) is 36.9 Å². The number of carbonyl (C=O) groups excluding carboxylic acids is 1. The number of likely N-dealkylation sites (N-methyl/N-ethyl adjacent to an activating group) is 1. The lowest BCUT2D eigenvalue weighted by Gasteiger charge is -2.34. The van der Waals surface area contributed by atoms with Crippen LogP contribution in [0.4, 0.5) is 10.1 Å². The Labute approximate surface area is 158 Å². The van der Waals surface area contributed by atoms with Crippen LogP contribution in [0.2, 0.25) is 0 Å². The van der Waals surface area contributed by atoms with E-state index in [0.29, 0.717) is 13.1 Å². The fraction of sp³-hybridized carbons (Fsp3) is 0.316. The second-order valence-corrected chi connectivity index (χ2v) is 8.02. The van der Waals surface area contributed by atoms with E-state index in [0.717, 1.165) is 25.7 Å². The van der Waals surface area contributed by atoms with E-state index in [9.17, 15) is 17.6 Å². The number of rotatable bonds is 5. The topological polar surface area (TPSA) is 69.7 Å². The van der Waals surface area contributed by atoms with Gasteiger partial charge in [-0.1, -0.05) is 25.1 Å². The zero-order valence-corrected chi connectivity index (χ0v) is 15.9. The van der Waals surface area contributed by atoms with Gasteiger partial charge in [-0.15, -0.1) is 0 Å². The molecule has 0 aliphatic carbocycles. The third-order valence-corrected chi connectivity index (χ3v) is 6.01. The lowest BCUT2D eigenvalue weighted by molar-refractivity contribution is 0.0639. The summed E-state index contributed by atoms with van der Waals surface area (Å²) in [6.45, 7) is 5.49. The molecule has 0 bridgehead atoms. The smallest absolute Gasteiger partial charge is 0.261 e. The van der Waals surface area contributed by atoms with Gasteiger partial charge in [0.15, 0.2) is 0 Å². The summed E-state index contributed by atoms with van der Waals surface area (Å²) in [5.74, 6) is -1.09. The van der Waals surface area contributed by atoms with Crippen molar-refractivity contribution < 1.29 is 17.6 Å². The number of piperazine rings is 1. The van der Waals surface area contributed by atoms with Crippen molar-refractivity contribution in [3.8, 4) is 0 Å². The SMILES string of the molecule is CCN1CCN(C(=O)c2cc(NS(=O)(=O)c3ccccc3)ccc2F)CC1. The minimum atomic E-state index is -3.81. The van der Waals surface area contributed by atoms with Crippen LogP contribution in [-0.2, 0) is 10.0 Å². The fourth-order valence-electron chi connectivity index (χ4n) is 3.00. The monoisotopic (exact) mass is 391 g/mol. The maximum atomic E-state index is 14.2. The molecular formula is C19H22FN3O3S. The summed E-state index contributed by atoms with van der Waals surface area (Å²) in [6.07, 6.45) is 0. The molecule has 2 aromatic rings. The highest BCUT2D eigenvalue weighted by molar-refractivity contribution is 7.92. The van der Waals surface area contributed by atoms with E-state index in [-0.39, 0.29) is 16.1 Å². The number of amides is 1. The summed E-state index contributed by atoms with van der Waals surface area (Å²) >= 11 is 0. The van der Waals surface area contributed by atoms with Gasteiger partial charge >= 0.3 is 0 Å². The Morgan fingerprint density at radius 3 is 2.37 bits per heavy atom. The van der Waals surface area contributed by atoms with Crippen LogP contribution in [-0.4, -0.2) is 56.8 Å². The summed E-state index contributed by atoms with van der Waals surface area (Å²) in [4.78, 5) is 16.6. The zero-order chi connectivity index (χ0) is 19.4. The fourth-order valence-corrected chi connectivity index (χ4v) is 4.07. The second kappa shape index (κ2) is 8.06. The first-order chi connectivity index (χ1) is 12.9. The lowest BCUT2D eigenvalue weighted by atomic mass is 10.1. The average Bonchev–Trinajstić information content (AvgIpc) is 2.69. The van der Waals surface area contributed by atoms with E-state index < -0.39 is 21.7 Å². The Morgan fingerprint density at radius 2 is 1.74 bits per heavy atom. The minimum absolute atomic E-state index is 0.0953. The first kappa shape index (κ1) is 19.3. The number of halogens is 1. The second-order valence-electron chi connectivity index (χ2n) is 6.34. The summed E-state index contributed by atoms with van der Waals surface area (Å²) in [5, 5.41) is 0. The molecule has 1 fully saturated rings. The van der Waals surface area contributed by atoms with Crippen LogP contribution in [0.15, 0.2) is 53.4 Å². The van der Waals surface area contributed by atoms with Gasteiger partial charge in [0.25, 0.3) is 15.9 Å². The average molecular weight is 391 g/mol. The Morgan fingerprint density at radius 1 is 1.07 bits per heavy atom. The van der Waals surface area contributed by atoms with E-state index >= 15 is 0 Å². The third kappa shape index (κ3) is 4.45. The molecule has 1 N–H and O–H groups in total. The summed E-state index contributed by atoms with van der Waals surface area (Å²) in [5.41, 5.74) is 0.0176. The van der Waals surface area contributed by atoms with Gasteiger partial charge < -0.3 is 9.80 Å². The van der Waals surface area contributed by atoms with Crippen molar-refractivity contribution in [1.29, 1.82) is 0 Å². The normalized spacial score (nSPS) is 15.6. The first-order valence-electron chi connectivity index (χ1n) is 8.80. The number of anilines is 1. The summed E-state index contributed by atoms with van der Waals surface area (Å²) < 4.78 is 41.5. The van der Waals surface area contributed by atoms with Crippen LogP contribution in [0.1, 0.15) is 17.3 Å². The largest absolute Gasteiger partial charge is 0.336 e. The maximum absolute atomic E-state index is 14.2. The Kier molecular flexibility index (Phi) is 5.76. The molecule has 27 heavy (non-hydrogen) atoms. The number of hydrogen-bond acceptors (Lipinski definition) is 4. The molecule has 2 aromatic carbocycles. The molecule has 0 saturated carbocycles. The van der Waals surface area contributed by atoms with Gasteiger partial charge in [0.05, 0.1) is 10.5 Å². The van der Waals surface area contributed by atoms with Crippen molar-refractivity contribution >= 4 is 21.6 Å². The third-order valence-electron chi connectivity index (χ3n) is 4.61. The van der Waals surface area contributed by atoms with Crippen LogP contribution in [0, 0.1) is 5.82 Å². The number of nitrogens with one attached hydrogen (secondary N) is 1. The molecule has 8 heteroatoms. The minimum Gasteiger partial charge on any atom is -0.336 e. The highest BCUT2D eigenvalue weighted by Crippen LogP contribution is 2.21. The van der Waals surface area contributed by atoms with E-state index in [4.69, 9.17) is 0 Å². The maximum Gasteiger partial charge on any atom is 0.261 e. The van der Waals surface area contributed by atoms with Gasteiger partial charge in [0.1, 0.15) is 5.82 Å². The van der Waals surface area contributed by atoms with Gasteiger partial charge in [0, 0.05) is 31.9 Å². The number of benzene rings is 2. The molecule has 0 radical (unpaired) electrons. The molecule has 0 aromatic heterocycles. The van der Waals surface area contributed by atoms with E-state index in [1.54, 1.807) is 23.1 Å². The summed E-state index contributed by atoms with van der Waals surface area (Å²) in [6, 6.07) is 11.5. The molecule has 0 unspecified atom stereocenters. The van der Waals surface area contributed by atoms with Gasteiger partial charge in [0.2, 0.25) is 0 Å². The van der Waals surface area contributed by atoms with Crippen molar-refractivity contribution in [2.45, 2.75) is 11.8 Å². The molecule has 144 valence electrons. The van der Waals surface area contributed by atoms with Crippen LogP contribution in [0.3, 0.4) is 0 Å². The van der Waals surface area contributed by atoms with Gasteiger partial charge in [-0.3, -0.25) is 9.52 Å². The predicted molar refractivity (Wildman–Crippen MR) is 102 cm³/mol. The molecule has 1 amide bonds. The molecule has 1 aliphatic rings. The molecule has 0 spiro atoms. The van der Waals surface area contributed by atoms with Crippen LogP contribution in [0.25, 0.3) is 0 Å². The van der Waals surface area contributed by atoms with Crippen LogP contribution in [0.5, 0.6) is 0 Å². The van der Waals surface area contributed by atoms with Crippen molar-refractivity contribution in [3.63, 3.8) is 0 Å². The quantitative estimate of drug-likeness (QED) is 0.850. The van der Waals surface area contributed by atoms with Crippen LogP contribution >= 0.6 is 0 Å². The Hall–Kier alpha value is -2.45. The molecule has 1 heterocycles. The van der Waals surface area contributed by atoms with Crippen molar-refractivity contribution in [2.75, 3.05) is 37.4 Å². The van der Waals surface area contributed by atoms with E-state index in [2.05, 4.69) is 16.5 Å². The Balaban J connectivity index is 1.79. The number of hydrogen-bond donors (Lipinski definition) is 1. The van der Waals surface area contributed by atoms with E-state index in [1.807, 2.05) is 0 Å².